The third kappa shape index (κ3) is 2.86. The summed E-state index contributed by atoms with van der Waals surface area (Å²) in [6, 6.07) is 1.31. The Morgan fingerprint density at radius 2 is 2.05 bits per heavy atom. The van der Waals surface area contributed by atoms with E-state index in [0.717, 1.165) is 0 Å². The molecule has 8 heteroatoms. The van der Waals surface area contributed by atoms with E-state index in [1.165, 1.54) is 17.9 Å². The minimum Gasteiger partial charge on any atom is -0.424 e. The van der Waals surface area contributed by atoms with Crippen LogP contribution < -0.4 is 9.64 Å². The van der Waals surface area contributed by atoms with Crippen molar-refractivity contribution >= 4 is 52.4 Å². The molecule has 5 nitrogen and oxygen atoms in total. The van der Waals surface area contributed by atoms with Crippen LogP contribution in [0.1, 0.15) is 13.3 Å². The summed E-state index contributed by atoms with van der Waals surface area (Å²) in [5.41, 5.74) is 0.137. The van der Waals surface area contributed by atoms with E-state index in [4.69, 9.17) is 39.5 Å². The van der Waals surface area contributed by atoms with E-state index in [-0.39, 0.29) is 45.4 Å². The molecule has 1 fully saturated rings. The van der Waals surface area contributed by atoms with Crippen LogP contribution in [0, 0.1) is 0 Å². The average Bonchev–Trinajstić information content (AvgIpc) is 2.65. The van der Waals surface area contributed by atoms with Gasteiger partial charge in [-0.15, -0.1) is 0 Å². The first-order valence-corrected chi connectivity index (χ1v) is 6.79. The number of hydrogen-bond acceptors (Lipinski definition) is 4. The molecular weight excluding hydrogens is 328 g/mol. The molecule has 108 valence electrons. The minimum absolute atomic E-state index is 0.00198. The highest BCUT2D eigenvalue weighted by Crippen LogP contribution is 2.45. The first-order valence-electron chi connectivity index (χ1n) is 5.65. The normalized spacial score (nSPS) is 18.6. The van der Waals surface area contributed by atoms with Gasteiger partial charge in [0, 0.05) is 13.0 Å². The number of β-amino-alcohol motifs (C(OH)–C–C–N with tert-alkyl or cyclic N) is 1. The van der Waals surface area contributed by atoms with E-state index in [9.17, 15) is 14.7 Å². The first kappa shape index (κ1) is 15.4. The largest absolute Gasteiger partial charge is 0.424 e. The molecule has 1 heterocycles. The minimum atomic E-state index is -0.807. The number of anilines is 1. The van der Waals surface area contributed by atoms with Gasteiger partial charge in [-0.05, 0) is 0 Å². The van der Waals surface area contributed by atoms with Crippen LogP contribution in [0.15, 0.2) is 6.07 Å². The van der Waals surface area contributed by atoms with E-state index in [2.05, 4.69) is 0 Å². The third-order valence-electron chi connectivity index (χ3n) is 2.73. The summed E-state index contributed by atoms with van der Waals surface area (Å²) in [5, 5.41) is 9.69. The van der Waals surface area contributed by atoms with Crippen LogP contribution in [0.2, 0.25) is 15.1 Å². The number of aliphatic hydroxyl groups excluding tert-OH is 1. The van der Waals surface area contributed by atoms with Gasteiger partial charge in [-0.3, -0.25) is 9.59 Å². The lowest BCUT2D eigenvalue weighted by molar-refractivity contribution is -0.132. The predicted molar refractivity (Wildman–Crippen MR) is 75.8 cm³/mol. The Bertz CT molecular complexity index is 591. The Balaban J connectivity index is 2.57. The van der Waals surface area contributed by atoms with E-state index >= 15 is 0 Å². The number of hydrogen-bond donors (Lipinski definition) is 1. The van der Waals surface area contributed by atoms with Crippen molar-refractivity contribution in [1.82, 2.24) is 0 Å². The third-order valence-corrected chi connectivity index (χ3v) is 3.98. The zero-order valence-corrected chi connectivity index (χ0v) is 12.6. The number of benzene rings is 1. The van der Waals surface area contributed by atoms with Crippen molar-refractivity contribution in [2.45, 2.75) is 19.4 Å². The van der Waals surface area contributed by atoms with Crippen molar-refractivity contribution < 1.29 is 19.4 Å². The summed E-state index contributed by atoms with van der Waals surface area (Å²) in [6.07, 6.45) is -0.839. The highest BCUT2D eigenvalue weighted by Gasteiger charge is 2.34. The molecule has 1 aromatic carbocycles. The molecule has 1 amide bonds. The fourth-order valence-electron chi connectivity index (χ4n) is 1.95. The van der Waals surface area contributed by atoms with Crippen LogP contribution in [0.3, 0.4) is 0 Å². The Morgan fingerprint density at radius 1 is 1.40 bits per heavy atom. The van der Waals surface area contributed by atoms with Gasteiger partial charge in [-0.25, -0.2) is 0 Å². The van der Waals surface area contributed by atoms with Gasteiger partial charge in [0.1, 0.15) is 5.69 Å². The summed E-state index contributed by atoms with van der Waals surface area (Å²) >= 11 is 17.9. The lowest BCUT2D eigenvalue weighted by Crippen LogP contribution is -2.26. The zero-order valence-electron chi connectivity index (χ0n) is 10.3. The fraction of sp³-hybridized carbons (Fsp3) is 0.333. The van der Waals surface area contributed by atoms with Crippen molar-refractivity contribution in [3.8, 4) is 5.75 Å². The molecule has 2 rings (SSSR count). The van der Waals surface area contributed by atoms with Gasteiger partial charge >= 0.3 is 5.97 Å². The Labute approximate surface area is 130 Å². The SMILES string of the molecule is CC(=O)Oc1cc(Cl)c(Cl)c(Cl)c1N1CC(O)CC1=O. The Hall–Kier alpha value is -1.01. The molecular formula is C12H10Cl3NO4. The van der Waals surface area contributed by atoms with Crippen LogP contribution in [0.5, 0.6) is 5.75 Å². The van der Waals surface area contributed by atoms with Crippen molar-refractivity contribution in [3.63, 3.8) is 0 Å². The first-order chi connectivity index (χ1) is 9.31. The monoisotopic (exact) mass is 337 g/mol. The molecule has 1 unspecified atom stereocenters. The van der Waals surface area contributed by atoms with E-state index < -0.39 is 12.1 Å². The van der Waals surface area contributed by atoms with Crippen molar-refractivity contribution in [3.05, 3.63) is 21.1 Å². The summed E-state index contributed by atoms with van der Waals surface area (Å²) in [4.78, 5) is 24.2. The smallest absolute Gasteiger partial charge is 0.308 e. The number of carbonyl (C=O) groups is 2. The van der Waals surface area contributed by atoms with E-state index in [1.54, 1.807) is 0 Å². The second kappa shape index (κ2) is 5.77. The van der Waals surface area contributed by atoms with Crippen LogP contribution >= 0.6 is 34.8 Å². The summed E-state index contributed by atoms with van der Waals surface area (Å²) in [6.45, 7) is 1.26. The standard InChI is InChI=1S/C12H10Cl3NO4/c1-5(17)20-8-3-7(13)10(14)11(15)12(8)16-4-6(18)2-9(16)19/h3,6,18H,2,4H2,1H3. The lowest BCUT2D eigenvalue weighted by atomic mass is 10.2. The summed E-state index contributed by atoms with van der Waals surface area (Å²) < 4.78 is 5.02. The quantitative estimate of drug-likeness (QED) is 0.511. The molecule has 0 radical (unpaired) electrons. The number of halogens is 3. The summed E-state index contributed by atoms with van der Waals surface area (Å²) in [5.74, 6) is -0.904. The lowest BCUT2D eigenvalue weighted by Gasteiger charge is -2.21. The second-order valence-corrected chi connectivity index (χ2v) is 5.45. The van der Waals surface area contributed by atoms with Crippen LogP contribution in [0.4, 0.5) is 5.69 Å². The molecule has 20 heavy (non-hydrogen) atoms. The van der Waals surface area contributed by atoms with E-state index in [0.29, 0.717) is 0 Å². The Kier molecular flexibility index (Phi) is 4.44. The molecule has 1 aliphatic heterocycles. The molecule has 1 aromatic rings. The van der Waals surface area contributed by atoms with Gasteiger partial charge in [-0.1, -0.05) is 34.8 Å². The zero-order chi connectivity index (χ0) is 15.0. The van der Waals surface area contributed by atoms with Gasteiger partial charge in [0.15, 0.2) is 5.75 Å². The maximum atomic E-state index is 11.9. The number of amides is 1. The Morgan fingerprint density at radius 3 is 2.55 bits per heavy atom. The van der Waals surface area contributed by atoms with Gasteiger partial charge in [0.25, 0.3) is 0 Å². The molecule has 0 bridgehead atoms. The molecule has 0 aliphatic carbocycles. The van der Waals surface area contributed by atoms with Gasteiger partial charge < -0.3 is 14.7 Å². The maximum Gasteiger partial charge on any atom is 0.308 e. The van der Waals surface area contributed by atoms with Crippen molar-refractivity contribution in [2.24, 2.45) is 0 Å². The number of aliphatic hydroxyl groups is 1. The van der Waals surface area contributed by atoms with Crippen LogP contribution in [-0.4, -0.2) is 29.6 Å². The predicted octanol–water partition coefficient (Wildman–Crippen LogP) is 2.67. The molecule has 0 spiro atoms. The molecule has 0 aromatic heterocycles. The fourth-order valence-corrected chi connectivity index (χ4v) is 2.64. The van der Waals surface area contributed by atoms with Crippen molar-refractivity contribution in [1.29, 1.82) is 0 Å². The number of esters is 1. The maximum absolute atomic E-state index is 11.9. The number of carbonyl (C=O) groups excluding carboxylic acids is 2. The van der Waals surface area contributed by atoms with Crippen LogP contribution in [-0.2, 0) is 9.59 Å². The van der Waals surface area contributed by atoms with Gasteiger partial charge in [0.2, 0.25) is 5.91 Å². The van der Waals surface area contributed by atoms with Crippen LogP contribution in [0.25, 0.3) is 0 Å². The highest BCUT2D eigenvalue weighted by molar-refractivity contribution is 6.49. The molecule has 1 aliphatic rings. The number of ether oxygens (including phenoxy) is 1. The van der Waals surface area contributed by atoms with Gasteiger partial charge in [0.05, 0.1) is 34.1 Å². The topological polar surface area (TPSA) is 66.8 Å². The summed E-state index contributed by atoms with van der Waals surface area (Å²) in [7, 11) is 0. The van der Waals surface area contributed by atoms with Crippen molar-refractivity contribution in [2.75, 3.05) is 11.4 Å². The average molecular weight is 339 g/mol. The highest BCUT2D eigenvalue weighted by atomic mass is 35.5. The molecule has 1 N–H and O–H groups in total. The number of nitrogens with zero attached hydrogens (tertiary/aromatic N) is 1. The molecule has 0 saturated carbocycles. The molecule has 1 saturated heterocycles. The van der Waals surface area contributed by atoms with Gasteiger partial charge in [-0.2, -0.15) is 0 Å². The second-order valence-electron chi connectivity index (χ2n) is 4.29. The number of rotatable bonds is 2. The van der Waals surface area contributed by atoms with E-state index in [1.807, 2.05) is 0 Å². The molecule has 1 atom stereocenters.